The van der Waals surface area contributed by atoms with Crippen LogP contribution in [-0.4, -0.2) is 44.7 Å². The van der Waals surface area contributed by atoms with Crippen molar-refractivity contribution in [3.05, 3.63) is 53.2 Å². The van der Waals surface area contributed by atoms with E-state index in [0.717, 1.165) is 16.6 Å². The molecule has 1 heterocycles. The Bertz CT molecular complexity index is 1010. The molecule has 0 saturated carbocycles. The SMILES string of the molecule is COc1cc(C(=O)OCC(=O)c2c(C)[nH]c3ccccc23)cc(OC)c1OC. The third-order valence-electron chi connectivity index (χ3n) is 4.41. The van der Waals surface area contributed by atoms with Gasteiger partial charge in [0.05, 0.1) is 26.9 Å². The molecule has 0 atom stereocenters. The topological polar surface area (TPSA) is 86.9 Å². The second-order valence-electron chi connectivity index (χ2n) is 6.08. The van der Waals surface area contributed by atoms with E-state index in [4.69, 9.17) is 18.9 Å². The first-order valence-electron chi connectivity index (χ1n) is 8.57. The Morgan fingerprint density at radius 3 is 2.21 bits per heavy atom. The molecule has 0 aliphatic carbocycles. The highest BCUT2D eigenvalue weighted by Crippen LogP contribution is 2.38. The smallest absolute Gasteiger partial charge is 0.338 e. The molecule has 0 unspecified atom stereocenters. The van der Waals surface area contributed by atoms with Gasteiger partial charge < -0.3 is 23.9 Å². The van der Waals surface area contributed by atoms with Gasteiger partial charge in [-0.1, -0.05) is 18.2 Å². The number of hydrogen-bond acceptors (Lipinski definition) is 6. The van der Waals surface area contributed by atoms with Crippen molar-refractivity contribution in [1.29, 1.82) is 0 Å². The van der Waals surface area contributed by atoms with Gasteiger partial charge in [-0.15, -0.1) is 0 Å². The molecule has 0 aliphatic rings. The maximum absolute atomic E-state index is 12.7. The van der Waals surface area contributed by atoms with Gasteiger partial charge in [0.1, 0.15) is 0 Å². The molecule has 0 aliphatic heterocycles. The number of nitrogens with one attached hydrogen (secondary N) is 1. The number of para-hydroxylation sites is 1. The number of methoxy groups -OCH3 is 3. The predicted octanol–water partition coefficient (Wildman–Crippen LogP) is 3.54. The first kappa shape index (κ1) is 19.3. The van der Waals surface area contributed by atoms with Crippen molar-refractivity contribution in [3.63, 3.8) is 0 Å². The molecule has 0 amide bonds. The monoisotopic (exact) mass is 383 g/mol. The number of ketones is 1. The maximum atomic E-state index is 12.7. The Balaban J connectivity index is 1.80. The number of benzene rings is 2. The number of aryl methyl sites for hydroxylation is 1. The van der Waals surface area contributed by atoms with Crippen molar-refractivity contribution >= 4 is 22.7 Å². The summed E-state index contributed by atoms with van der Waals surface area (Å²) in [6.45, 7) is 1.44. The first-order valence-corrected chi connectivity index (χ1v) is 8.57. The van der Waals surface area contributed by atoms with E-state index in [1.54, 1.807) is 0 Å². The number of fused-ring (bicyclic) bond motifs is 1. The maximum Gasteiger partial charge on any atom is 0.338 e. The molecule has 0 fully saturated rings. The van der Waals surface area contributed by atoms with Crippen molar-refractivity contribution in [2.24, 2.45) is 0 Å². The number of Topliss-reactive ketones (excluding diaryl/α,β-unsaturated/α-hetero) is 1. The summed E-state index contributed by atoms with van der Waals surface area (Å²) < 4.78 is 20.9. The van der Waals surface area contributed by atoms with E-state index < -0.39 is 5.97 Å². The van der Waals surface area contributed by atoms with E-state index in [9.17, 15) is 9.59 Å². The summed E-state index contributed by atoms with van der Waals surface area (Å²) in [7, 11) is 4.38. The van der Waals surface area contributed by atoms with Crippen LogP contribution < -0.4 is 14.2 Å². The lowest BCUT2D eigenvalue weighted by Crippen LogP contribution is -2.15. The lowest BCUT2D eigenvalue weighted by Gasteiger charge is -2.13. The van der Waals surface area contributed by atoms with Gasteiger partial charge in [-0.25, -0.2) is 4.79 Å². The van der Waals surface area contributed by atoms with Crippen LogP contribution in [0.15, 0.2) is 36.4 Å². The summed E-state index contributed by atoms with van der Waals surface area (Å²) in [5, 5.41) is 0.800. The number of H-pyrrole nitrogens is 1. The van der Waals surface area contributed by atoms with Gasteiger partial charge in [-0.05, 0) is 25.1 Å². The van der Waals surface area contributed by atoms with Crippen LogP contribution in [0.1, 0.15) is 26.4 Å². The molecule has 3 rings (SSSR count). The molecule has 1 aromatic heterocycles. The van der Waals surface area contributed by atoms with E-state index >= 15 is 0 Å². The first-order chi connectivity index (χ1) is 13.5. The van der Waals surface area contributed by atoms with Crippen molar-refractivity contribution in [2.75, 3.05) is 27.9 Å². The third-order valence-corrected chi connectivity index (χ3v) is 4.41. The number of carbonyl (C=O) groups excluding carboxylic acids is 2. The van der Waals surface area contributed by atoms with Crippen LogP contribution in [0.25, 0.3) is 10.9 Å². The summed E-state index contributed by atoms with van der Waals surface area (Å²) in [6.07, 6.45) is 0. The van der Waals surface area contributed by atoms with Crippen LogP contribution in [0.3, 0.4) is 0 Å². The van der Waals surface area contributed by atoms with E-state index in [-0.39, 0.29) is 18.0 Å². The van der Waals surface area contributed by atoms with Crippen LogP contribution in [0, 0.1) is 6.92 Å². The fraction of sp³-hybridized carbons (Fsp3) is 0.238. The Morgan fingerprint density at radius 2 is 1.61 bits per heavy atom. The van der Waals surface area contributed by atoms with Gasteiger partial charge in [-0.3, -0.25) is 4.79 Å². The zero-order valence-corrected chi connectivity index (χ0v) is 16.1. The van der Waals surface area contributed by atoms with E-state index in [2.05, 4.69) is 4.98 Å². The van der Waals surface area contributed by atoms with Gasteiger partial charge in [0.25, 0.3) is 0 Å². The van der Waals surface area contributed by atoms with Crippen LogP contribution in [-0.2, 0) is 4.74 Å². The summed E-state index contributed by atoms with van der Waals surface area (Å²) in [5.41, 5.74) is 2.31. The van der Waals surface area contributed by atoms with Crippen molar-refractivity contribution in [3.8, 4) is 17.2 Å². The number of hydrogen-bond donors (Lipinski definition) is 1. The lowest BCUT2D eigenvalue weighted by molar-refractivity contribution is 0.0474. The highest BCUT2D eigenvalue weighted by atomic mass is 16.5. The zero-order valence-electron chi connectivity index (χ0n) is 16.1. The number of rotatable bonds is 7. The number of carbonyl (C=O) groups is 2. The van der Waals surface area contributed by atoms with Crippen molar-refractivity contribution in [2.45, 2.75) is 6.92 Å². The molecule has 1 N–H and O–H groups in total. The quantitative estimate of drug-likeness (QED) is 0.496. The molecule has 146 valence electrons. The average molecular weight is 383 g/mol. The van der Waals surface area contributed by atoms with E-state index in [1.165, 1.54) is 33.5 Å². The molecule has 7 heteroatoms. The van der Waals surface area contributed by atoms with Gasteiger partial charge in [0, 0.05) is 22.2 Å². The highest BCUT2D eigenvalue weighted by Gasteiger charge is 2.21. The molecule has 0 radical (unpaired) electrons. The van der Waals surface area contributed by atoms with Crippen LogP contribution in [0.4, 0.5) is 0 Å². The summed E-state index contributed by atoms with van der Waals surface area (Å²) >= 11 is 0. The third kappa shape index (κ3) is 3.51. The van der Waals surface area contributed by atoms with Crippen LogP contribution in [0.5, 0.6) is 17.2 Å². The molecule has 3 aromatic rings. The molecule has 0 spiro atoms. The molecule has 0 bridgehead atoms. The van der Waals surface area contributed by atoms with Crippen molar-refractivity contribution < 1.29 is 28.5 Å². The van der Waals surface area contributed by atoms with Crippen LogP contribution in [0.2, 0.25) is 0 Å². The highest BCUT2D eigenvalue weighted by molar-refractivity contribution is 6.10. The Labute approximate surface area is 162 Å². The summed E-state index contributed by atoms with van der Waals surface area (Å²) in [4.78, 5) is 28.3. The average Bonchev–Trinajstić information content (AvgIpc) is 3.06. The van der Waals surface area contributed by atoms with Crippen molar-refractivity contribution in [1.82, 2.24) is 4.98 Å². The zero-order chi connectivity index (χ0) is 20.3. The second-order valence-corrected chi connectivity index (χ2v) is 6.08. The number of ether oxygens (including phenoxy) is 4. The summed E-state index contributed by atoms with van der Waals surface area (Å²) in [6, 6.07) is 10.4. The number of aromatic amines is 1. The van der Waals surface area contributed by atoms with Gasteiger partial charge in [0.2, 0.25) is 11.5 Å². The van der Waals surface area contributed by atoms with Crippen LogP contribution >= 0.6 is 0 Å². The minimum absolute atomic E-state index is 0.193. The fourth-order valence-electron chi connectivity index (χ4n) is 3.12. The van der Waals surface area contributed by atoms with Gasteiger partial charge in [0.15, 0.2) is 18.1 Å². The molecule has 7 nitrogen and oxygen atoms in total. The van der Waals surface area contributed by atoms with Gasteiger partial charge >= 0.3 is 5.97 Å². The Kier molecular flexibility index (Phi) is 5.54. The van der Waals surface area contributed by atoms with Gasteiger partial charge in [-0.2, -0.15) is 0 Å². The lowest BCUT2D eigenvalue weighted by atomic mass is 10.1. The molecular weight excluding hydrogens is 362 g/mol. The van der Waals surface area contributed by atoms with E-state index in [1.807, 2.05) is 31.2 Å². The predicted molar refractivity (Wildman–Crippen MR) is 104 cm³/mol. The standard InChI is InChI=1S/C21H21NO6/c1-12-19(14-7-5-6-8-15(14)22-12)16(23)11-28-21(24)13-9-17(25-2)20(27-4)18(10-13)26-3/h5-10,22H,11H2,1-4H3. The van der Waals surface area contributed by atoms with E-state index in [0.29, 0.717) is 22.8 Å². The normalized spacial score (nSPS) is 10.6. The molecule has 0 saturated heterocycles. The summed E-state index contributed by atoms with van der Waals surface area (Å²) in [5.74, 6) is 0.0769. The number of aromatic nitrogens is 1. The molecule has 2 aromatic carbocycles. The molecular formula is C21H21NO6. The minimum Gasteiger partial charge on any atom is -0.493 e. The number of esters is 1. The Hall–Kier alpha value is -3.48. The fourth-order valence-corrected chi connectivity index (χ4v) is 3.12. The Morgan fingerprint density at radius 1 is 0.964 bits per heavy atom. The second kappa shape index (κ2) is 8.04. The minimum atomic E-state index is -0.662. The molecule has 28 heavy (non-hydrogen) atoms. The largest absolute Gasteiger partial charge is 0.493 e.